The van der Waals surface area contributed by atoms with Crippen molar-refractivity contribution in [1.29, 1.82) is 0 Å². The highest BCUT2D eigenvalue weighted by Crippen LogP contribution is 2.06. The van der Waals surface area contributed by atoms with Crippen LogP contribution in [-0.2, 0) is 19.2 Å². The number of hydrogen-bond acceptors (Lipinski definition) is 4. The number of nitrogens with zero attached hydrogens (tertiary/aromatic N) is 1. The maximum absolute atomic E-state index is 11.3. The van der Waals surface area contributed by atoms with Gasteiger partial charge in [-0.25, -0.2) is 0 Å². The average molecular weight is 230 g/mol. The molecule has 1 rings (SSSR count). The van der Waals surface area contributed by atoms with E-state index in [0.717, 1.165) is 0 Å². The summed E-state index contributed by atoms with van der Waals surface area (Å²) >= 11 is 5.31. The maximum Gasteiger partial charge on any atom is 0.338 e. The van der Waals surface area contributed by atoms with Gasteiger partial charge in [0.1, 0.15) is 0 Å². The smallest absolute Gasteiger partial charge is 0.338 e. The maximum atomic E-state index is 11.3. The Bertz CT molecular complexity index is 237. The molecule has 7 heteroatoms. The van der Waals surface area contributed by atoms with Crippen molar-refractivity contribution in [2.45, 2.75) is 0 Å². The molecule has 1 saturated heterocycles. The van der Waals surface area contributed by atoms with Crippen molar-refractivity contribution < 1.29 is 17.3 Å². The van der Waals surface area contributed by atoms with Gasteiger partial charge >= 0.3 is 10.3 Å². The molecule has 0 N–H and O–H groups in total. The molecule has 78 valence electrons. The molecule has 0 saturated carbocycles. The third-order valence-corrected chi connectivity index (χ3v) is 3.21. The van der Waals surface area contributed by atoms with E-state index in [1.54, 1.807) is 0 Å². The molecule has 13 heavy (non-hydrogen) atoms. The molecule has 5 nitrogen and oxygen atoms in total. The molecule has 0 amide bonds. The lowest BCUT2D eigenvalue weighted by molar-refractivity contribution is 0.0671. The van der Waals surface area contributed by atoms with Crippen LogP contribution < -0.4 is 0 Å². The zero-order valence-corrected chi connectivity index (χ0v) is 8.68. The predicted octanol–water partition coefficient (Wildman–Crippen LogP) is -0.181. The van der Waals surface area contributed by atoms with Gasteiger partial charge in [-0.15, -0.1) is 11.6 Å². The van der Waals surface area contributed by atoms with Gasteiger partial charge in [-0.1, -0.05) is 0 Å². The number of rotatable bonds is 4. The van der Waals surface area contributed by atoms with Gasteiger partial charge < -0.3 is 4.74 Å². The molecular weight excluding hydrogens is 218 g/mol. The Hall–Kier alpha value is 0.120. The van der Waals surface area contributed by atoms with E-state index >= 15 is 0 Å². The lowest BCUT2D eigenvalue weighted by Crippen LogP contribution is -2.41. The van der Waals surface area contributed by atoms with Gasteiger partial charge in [-0.2, -0.15) is 12.7 Å². The van der Waals surface area contributed by atoms with Crippen molar-refractivity contribution in [3.05, 3.63) is 0 Å². The van der Waals surface area contributed by atoms with Gasteiger partial charge in [0.2, 0.25) is 0 Å². The second kappa shape index (κ2) is 5.11. The molecule has 1 aliphatic rings. The van der Waals surface area contributed by atoms with Crippen molar-refractivity contribution in [2.24, 2.45) is 0 Å². The van der Waals surface area contributed by atoms with E-state index in [4.69, 9.17) is 16.3 Å². The Labute approximate surface area is 82.8 Å². The first-order valence-electron chi connectivity index (χ1n) is 3.95. The number of ether oxygens (including phenoxy) is 1. The fraction of sp³-hybridized carbons (Fsp3) is 1.00. The van der Waals surface area contributed by atoms with Crippen molar-refractivity contribution in [3.8, 4) is 0 Å². The third kappa shape index (κ3) is 3.40. The first-order valence-corrected chi connectivity index (χ1v) is 5.85. The average Bonchev–Trinajstić information content (AvgIpc) is 2.16. The van der Waals surface area contributed by atoms with Crippen molar-refractivity contribution in [1.82, 2.24) is 4.31 Å². The van der Waals surface area contributed by atoms with Gasteiger partial charge in [0.05, 0.1) is 19.8 Å². The molecule has 0 radical (unpaired) electrons. The van der Waals surface area contributed by atoms with E-state index in [1.165, 1.54) is 4.31 Å². The van der Waals surface area contributed by atoms with Gasteiger partial charge in [0.25, 0.3) is 0 Å². The van der Waals surface area contributed by atoms with Gasteiger partial charge in [-0.3, -0.25) is 4.18 Å². The Morgan fingerprint density at radius 3 is 2.54 bits per heavy atom. The number of morpholine rings is 1. The highest BCUT2D eigenvalue weighted by molar-refractivity contribution is 7.84. The molecule has 0 aromatic heterocycles. The Balaban J connectivity index is 2.47. The number of hydrogen-bond donors (Lipinski definition) is 0. The summed E-state index contributed by atoms with van der Waals surface area (Å²) in [6.07, 6.45) is 0. The summed E-state index contributed by atoms with van der Waals surface area (Å²) in [5.74, 6) is 0.170. The summed E-state index contributed by atoms with van der Waals surface area (Å²) in [5.41, 5.74) is 0. The van der Waals surface area contributed by atoms with Crippen LogP contribution in [0.1, 0.15) is 0 Å². The molecule has 1 heterocycles. The molecule has 0 aliphatic carbocycles. The Kier molecular flexibility index (Phi) is 4.40. The monoisotopic (exact) mass is 229 g/mol. The standard InChI is InChI=1S/C6H12ClNO4S/c7-1-4-12-13(9,10)8-2-5-11-6-3-8/h1-6H2. The lowest BCUT2D eigenvalue weighted by Gasteiger charge is -2.24. The zero-order valence-electron chi connectivity index (χ0n) is 7.11. The van der Waals surface area contributed by atoms with Crippen LogP contribution in [0.2, 0.25) is 0 Å². The molecule has 0 spiro atoms. The molecule has 1 aliphatic heterocycles. The molecule has 0 aromatic rings. The predicted molar refractivity (Wildman–Crippen MR) is 48.0 cm³/mol. The van der Waals surface area contributed by atoms with Crippen molar-refractivity contribution in [3.63, 3.8) is 0 Å². The van der Waals surface area contributed by atoms with Crippen LogP contribution in [0, 0.1) is 0 Å². The van der Waals surface area contributed by atoms with E-state index in [0.29, 0.717) is 26.3 Å². The topological polar surface area (TPSA) is 55.8 Å². The molecule has 1 fully saturated rings. The van der Waals surface area contributed by atoms with E-state index in [1.807, 2.05) is 0 Å². The largest absolute Gasteiger partial charge is 0.379 e. The quantitative estimate of drug-likeness (QED) is 0.628. The van der Waals surface area contributed by atoms with Crippen LogP contribution >= 0.6 is 11.6 Å². The second-order valence-electron chi connectivity index (χ2n) is 2.48. The molecule has 0 aromatic carbocycles. The van der Waals surface area contributed by atoms with Crippen molar-refractivity contribution >= 4 is 21.9 Å². The van der Waals surface area contributed by atoms with E-state index in [2.05, 4.69) is 4.18 Å². The first-order chi connectivity index (χ1) is 6.17. The van der Waals surface area contributed by atoms with Gasteiger partial charge in [0.15, 0.2) is 0 Å². The molecule has 0 atom stereocenters. The lowest BCUT2D eigenvalue weighted by atomic mass is 10.5. The summed E-state index contributed by atoms with van der Waals surface area (Å²) in [6.45, 7) is 1.56. The van der Waals surface area contributed by atoms with E-state index in [-0.39, 0.29) is 12.5 Å². The molecule has 0 bridgehead atoms. The fourth-order valence-corrected chi connectivity index (χ4v) is 2.19. The summed E-state index contributed by atoms with van der Waals surface area (Å²) in [6, 6.07) is 0. The summed E-state index contributed by atoms with van der Waals surface area (Å²) in [7, 11) is -3.58. The summed E-state index contributed by atoms with van der Waals surface area (Å²) in [4.78, 5) is 0. The number of halogens is 1. The van der Waals surface area contributed by atoms with Crippen LogP contribution in [0.25, 0.3) is 0 Å². The zero-order chi connectivity index (χ0) is 9.73. The minimum absolute atomic E-state index is 0.0151. The van der Waals surface area contributed by atoms with Crippen molar-refractivity contribution in [2.75, 3.05) is 38.8 Å². The molecular formula is C6H12ClNO4S. The second-order valence-corrected chi connectivity index (χ2v) is 4.47. The van der Waals surface area contributed by atoms with Crippen LogP contribution in [0.4, 0.5) is 0 Å². The SMILES string of the molecule is O=S(=O)(OCCCl)N1CCOCC1. The van der Waals surface area contributed by atoms with Gasteiger partial charge in [-0.05, 0) is 0 Å². The van der Waals surface area contributed by atoms with Crippen LogP contribution in [0.15, 0.2) is 0 Å². The normalized spacial score (nSPS) is 20.4. The summed E-state index contributed by atoms with van der Waals surface area (Å²) in [5, 5.41) is 0. The highest BCUT2D eigenvalue weighted by Gasteiger charge is 2.24. The first kappa shape index (κ1) is 11.2. The minimum atomic E-state index is -3.58. The van der Waals surface area contributed by atoms with E-state index in [9.17, 15) is 8.42 Å². The third-order valence-electron chi connectivity index (χ3n) is 1.60. The summed E-state index contributed by atoms with van der Waals surface area (Å²) < 4.78 is 33.6. The van der Waals surface area contributed by atoms with E-state index < -0.39 is 10.3 Å². The van der Waals surface area contributed by atoms with Crippen LogP contribution in [0.3, 0.4) is 0 Å². The highest BCUT2D eigenvalue weighted by atomic mass is 35.5. The fourth-order valence-electron chi connectivity index (χ4n) is 0.982. The molecule has 0 unspecified atom stereocenters. The number of alkyl halides is 1. The van der Waals surface area contributed by atoms with Gasteiger partial charge in [0, 0.05) is 19.0 Å². The minimum Gasteiger partial charge on any atom is -0.379 e. The Morgan fingerprint density at radius 1 is 1.38 bits per heavy atom. The van der Waals surface area contributed by atoms with Crippen LogP contribution in [-0.4, -0.2) is 51.5 Å². The Morgan fingerprint density at radius 2 is 2.00 bits per heavy atom. The van der Waals surface area contributed by atoms with Crippen LogP contribution in [0.5, 0.6) is 0 Å².